The molecule has 1 aliphatic heterocycles. The van der Waals surface area contributed by atoms with Gasteiger partial charge in [-0.1, -0.05) is 18.1 Å². The van der Waals surface area contributed by atoms with Crippen molar-refractivity contribution in [2.45, 2.75) is 64.1 Å². The van der Waals surface area contributed by atoms with Gasteiger partial charge < -0.3 is 20.1 Å². The number of anilines is 1. The quantitative estimate of drug-likeness (QED) is 0.570. The van der Waals surface area contributed by atoms with Gasteiger partial charge in [-0.3, -0.25) is 4.79 Å². The monoisotopic (exact) mass is 488 g/mol. The molecule has 1 aromatic carbocycles. The molecule has 1 atom stereocenters. The standard InChI is InChI=1S/C25H27F3N4O3/c1-5-18(16-7-6-8-17(14(16)2)25(26,27)28)31-22-21(23-34-11-12-35-23)19(29-15(3)30-22)13-20(33)32-24(4)9-10-24/h1,6-8,18,23H,9-13H2,2-4H3,(H,32,33)(H,29,30,31)/t18-/m1/s1. The number of amides is 1. The van der Waals surface area contributed by atoms with Crippen LogP contribution in [0.15, 0.2) is 18.2 Å². The molecule has 0 bridgehead atoms. The number of alkyl halides is 3. The molecule has 1 saturated carbocycles. The third-order valence-corrected chi connectivity index (χ3v) is 6.20. The topological polar surface area (TPSA) is 85.4 Å². The number of carbonyl (C=O) groups excluding carboxylic acids is 1. The fraction of sp³-hybridized carbons (Fsp3) is 0.480. The van der Waals surface area contributed by atoms with Gasteiger partial charge >= 0.3 is 6.18 Å². The Morgan fingerprint density at radius 3 is 2.54 bits per heavy atom. The molecule has 10 heteroatoms. The van der Waals surface area contributed by atoms with Crippen LogP contribution >= 0.6 is 0 Å². The molecule has 1 saturated heterocycles. The smallest absolute Gasteiger partial charge is 0.352 e. The zero-order valence-electron chi connectivity index (χ0n) is 19.8. The number of carbonyl (C=O) groups is 1. The summed E-state index contributed by atoms with van der Waals surface area (Å²) in [4.78, 5) is 21.6. The maximum absolute atomic E-state index is 13.5. The Bertz CT molecular complexity index is 1170. The average molecular weight is 489 g/mol. The summed E-state index contributed by atoms with van der Waals surface area (Å²) in [6.45, 7) is 5.70. The molecule has 2 aromatic rings. The maximum Gasteiger partial charge on any atom is 0.416 e. The highest BCUT2D eigenvalue weighted by atomic mass is 19.4. The van der Waals surface area contributed by atoms with Gasteiger partial charge in [0.15, 0.2) is 6.29 Å². The van der Waals surface area contributed by atoms with Crippen LogP contribution in [-0.2, 0) is 26.9 Å². The Morgan fingerprint density at radius 1 is 1.26 bits per heavy atom. The number of halogens is 3. The number of terminal acetylenes is 1. The van der Waals surface area contributed by atoms with Crippen LogP contribution in [-0.4, -0.2) is 34.6 Å². The largest absolute Gasteiger partial charge is 0.416 e. The summed E-state index contributed by atoms with van der Waals surface area (Å²) in [7, 11) is 0. The van der Waals surface area contributed by atoms with Gasteiger partial charge in [0.2, 0.25) is 5.91 Å². The molecule has 4 rings (SSSR count). The molecule has 2 heterocycles. The lowest BCUT2D eigenvalue weighted by molar-refractivity contribution is -0.138. The fourth-order valence-corrected chi connectivity index (χ4v) is 4.12. The van der Waals surface area contributed by atoms with Crippen molar-refractivity contribution in [3.05, 3.63) is 52.0 Å². The van der Waals surface area contributed by atoms with Crippen molar-refractivity contribution >= 4 is 11.7 Å². The Labute approximate surface area is 201 Å². The molecule has 2 fully saturated rings. The first-order chi connectivity index (χ1) is 16.5. The number of hydrogen-bond donors (Lipinski definition) is 2. The first-order valence-electron chi connectivity index (χ1n) is 11.3. The first kappa shape index (κ1) is 24.9. The van der Waals surface area contributed by atoms with E-state index in [9.17, 15) is 18.0 Å². The van der Waals surface area contributed by atoms with E-state index in [4.69, 9.17) is 15.9 Å². The summed E-state index contributed by atoms with van der Waals surface area (Å²) in [6.07, 6.45) is 2.20. The van der Waals surface area contributed by atoms with Gasteiger partial charge in [0.25, 0.3) is 0 Å². The Hall–Kier alpha value is -3.16. The number of rotatable bonds is 7. The zero-order chi connectivity index (χ0) is 25.4. The minimum atomic E-state index is -4.51. The molecular formula is C25H27F3N4O3. The molecule has 1 aliphatic carbocycles. The summed E-state index contributed by atoms with van der Waals surface area (Å²) in [5.41, 5.74) is 0.173. The highest BCUT2D eigenvalue weighted by Crippen LogP contribution is 2.38. The lowest BCUT2D eigenvalue weighted by Crippen LogP contribution is -2.36. The van der Waals surface area contributed by atoms with Crippen molar-refractivity contribution in [2.24, 2.45) is 0 Å². The van der Waals surface area contributed by atoms with Crippen LogP contribution in [0.3, 0.4) is 0 Å². The third-order valence-electron chi connectivity index (χ3n) is 6.20. The predicted molar refractivity (Wildman–Crippen MR) is 122 cm³/mol. The average Bonchev–Trinajstić information content (AvgIpc) is 3.25. The SMILES string of the molecule is C#C[C@@H](Nc1nc(C)nc(CC(=O)NC2(C)CC2)c1C1OCCO1)c1cccc(C(F)(F)F)c1C. The van der Waals surface area contributed by atoms with Crippen molar-refractivity contribution in [1.29, 1.82) is 0 Å². The van der Waals surface area contributed by atoms with Crippen LogP contribution < -0.4 is 10.6 Å². The Kier molecular flexibility index (Phi) is 6.75. The van der Waals surface area contributed by atoms with Gasteiger partial charge in [-0.05, 0) is 50.8 Å². The van der Waals surface area contributed by atoms with Gasteiger partial charge in [-0.15, -0.1) is 6.42 Å². The van der Waals surface area contributed by atoms with Crippen molar-refractivity contribution in [2.75, 3.05) is 18.5 Å². The molecule has 186 valence electrons. The van der Waals surface area contributed by atoms with Crippen molar-refractivity contribution in [3.63, 3.8) is 0 Å². The summed E-state index contributed by atoms with van der Waals surface area (Å²) < 4.78 is 51.8. The number of nitrogens with one attached hydrogen (secondary N) is 2. The van der Waals surface area contributed by atoms with Crippen molar-refractivity contribution in [3.8, 4) is 12.3 Å². The van der Waals surface area contributed by atoms with E-state index in [1.807, 2.05) is 6.92 Å². The van der Waals surface area contributed by atoms with Crippen LogP contribution in [0.1, 0.15) is 65.9 Å². The highest BCUT2D eigenvalue weighted by molar-refractivity contribution is 5.80. The molecule has 0 spiro atoms. The van der Waals surface area contributed by atoms with Gasteiger partial charge in [-0.2, -0.15) is 13.2 Å². The molecule has 2 N–H and O–H groups in total. The van der Waals surface area contributed by atoms with Crippen LogP contribution in [0.25, 0.3) is 0 Å². The molecule has 1 aromatic heterocycles. The summed E-state index contributed by atoms with van der Waals surface area (Å²) in [5.74, 6) is 2.95. The molecule has 7 nitrogen and oxygen atoms in total. The number of hydrogen-bond acceptors (Lipinski definition) is 6. The van der Waals surface area contributed by atoms with E-state index in [-0.39, 0.29) is 29.2 Å². The van der Waals surface area contributed by atoms with E-state index >= 15 is 0 Å². The third kappa shape index (κ3) is 5.57. The second-order valence-electron chi connectivity index (χ2n) is 9.10. The van der Waals surface area contributed by atoms with Gasteiger partial charge in [-0.25, -0.2) is 9.97 Å². The number of ether oxygens (including phenoxy) is 2. The summed E-state index contributed by atoms with van der Waals surface area (Å²) in [5, 5.41) is 6.08. The molecule has 1 amide bonds. The van der Waals surface area contributed by atoms with E-state index in [1.165, 1.54) is 13.0 Å². The van der Waals surface area contributed by atoms with Crippen molar-refractivity contribution < 1.29 is 27.4 Å². The highest BCUT2D eigenvalue weighted by Gasteiger charge is 2.39. The zero-order valence-corrected chi connectivity index (χ0v) is 19.8. The Morgan fingerprint density at radius 2 is 1.94 bits per heavy atom. The predicted octanol–water partition coefficient (Wildman–Crippen LogP) is 4.16. The Balaban J connectivity index is 1.71. The first-order valence-corrected chi connectivity index (χ1v) is 11.3. The van der Waals surface area contributed by atoms with Crippen LogP contribution in [0.5, 0.6) is 0 Å². The van der Waals surface area contributed by atoms with Gasteiger partial charge in [0.1, 0.15) is 17.7 Å². The summed E-state index contributed by atoms with van der Waals surface area (Å²) in [6, 6.07) is 2.95. The van der Waals surface area contributed by atoms with E-state index in [1.54, 1.807) is 13.0 Å². The van der Waals surface area contributed by atoms with E-state index < -0.39 is 24.1 Å². The molecule has 0 unspecified atom stereocenters. The van der Waals surface area contributed by atoms with E-state index in [2.05, 4.69) is 26.5 Å². The second-order valence-corrected chi connectivity index (χ2v) is 9.10. The lowest BCUT2D eigenvalue weighted by atomic mass is 9.96. The number of aromatic nitrogens is 2. The van der Waals surface area contributed by atoms with E-state index in [0.29, 0.717) is 35.9 Å². The molecular weight excluding hydrogens is 461 g/mol. The maximum atomic E-state index is 13.5. The number of benzene rings is 1. The second kappa shape index (κ2) is 9.47. The number of aryl methyl sites for hydroxylation is 1. The van der Waals surface area contributed by atoms with Crippen LogP contribution in [0.2, 0.25) is 0 Å². The molecule has 0 radical (unpaired) electrons. The van der Waals surface area contributed by atoms with Crippen LogP contribution in [0, 0.1) is 26.2 Å². The van der Waals surface area contributed by atoms with E-state index in [0.717, 1.165) is 18.9 Å². The minimum absolute atomic E-state index is 0.0217. The molecule has 2 aliphatic rings. The van der Waals surface area contributed by atoms with Crippen LogP contribution in [0.4, 0.5) is 19.0 Å². The normalized spacial score (nSPS) is 18.1. The fourth-order valence-electron chi connectivity index (χ4n) is 4.12. The van der Waals surface area contributed by atoms with Crippen molar-refractivity contribution in [1.82, 2.24) is 15.3 Å². The minimum Gasteiger partial charge on any atom is -0.352 e. The van der Waals surface area contributed by atoms with Gasteiger partial charge in [0.05, 0.1) is 36.5 Å². The van der Waals surface area contributed by atoms with Gasteiger partial charge in [0, 0.05) is 5.54 Å². The summed E-state index contributed by atoms with van der Waals surface area (Å²) >= 11 is 0. The number of nitrogens with zero attached hydrogens (tertiary/aromatic N) is 2. The molecule has 35 heavy (non-hydrogen) atoms. The lowest BCUT2D eigenvalue weighted by Gasteiger charge is -2.23.